The summed E-state index contributed by atoms with van der Waals surface area (Å²) in [5, 5.41) is 24.5. The van der Waals surface area contributed by atoms with E-state index in [1.165, 1.54) is 25.6 Å². The normalized spacial score (nSPS) is 13.2. The van der Waals surface area contributed by atoms with Gasteiger partial charge in [-0.2, -0.15) is 5.26 Å². The minimum absolute atomic E-state index is 0.719. The van der Waals surface area contributed by atoms with Gasteiger partial charge >= 0.3 is 0 Å². The zero-order chi connectivity index (χ0) is 36.7. The second-order valence-electron chi connectivity index (χ2n) is 13.0. The van der Waals surface area contributed by atoms with Crippen molar-refractivity contribution < 1.29 is 9.39 Å². The van der Waals surface area contributed by atoms with Crippen LogP contribution in [0, 0.1) is 18.3 Å². The van der Waals surface area contributed by atoms with E-state index >= 15 is 0 Å². The zero-order valence-corrected chi connectivity index (χ0v) is 32.4. The molecule has 8 heteroatoms. The molecule has 0 bridgehead atoms. The van der Waals surface area contributed by atoms with E-state index in [2.05, 4.69) is 149 Å². The number of fused-ring (bicyclic) bond motifs is 2. The first-order valence-electron chi connectivity index (χ1n) is 17.8. The van der Waals surface area contributed by atoms with Crippen LogP contribution in [-0.2, 0) is 0 Å². The van der Waals surface area contributed by atoms with Crippen LogP contribution in [0.15, 0.2) is 202 Å². The van der Waals surface area contributed by atoms with Gasteiger partial charge in [-0.1, -0.05) is 161 Å². The van der Waals surface area contributed by atoms with Crippen molar-refractivity contribution in [3.05, 3.63) is 193 Å². The molecule has 0 N–H and O–H groups in total. The SMILES string of the molecule is Cc1cc(C#N)c2c(c1)N=[N+](c1ccccc1)CS2.c1ccc([N+]2=Nc3cccc([Si](c4ccccc4)(c4ccccc4)c4ccccc4)c3SC2)cc1. The molecule has 0 radical (unpaired) electrons. The van der Waals surface area contributed by atoms with Gasteiger partial charge in [-0.3, -0.25) is 0 Å². The summed E-state index contributed by atoms with van der Waals surface area (Å²) in [6, 6.07) is 66.6. The molecule has 0 aliphatic carbocycles. The summed E-state index contributed by atoms with van der Waals surface area (Å²) in [4.78, 5) is 2.28. The number of aryl methyl sites for hydroxylation is 1. The molecule has 0 saturated heterocycles. The van der Waals surface area contributed by atoms with E-state index in [9.17, 15) is 5.26 Å². The molecule has 0 unspecified atom stereocenters. The second kappa shape index (κ2) is 16.0. The second-order valence-corrected chi connectivity index (χ2v) is 18.7. The molecule has 0 aromatic heterocycles. The Morgan fingerprint density at radius 1 is 0.519 bits per heavy atom. The van der Waals surface area contributed by atoms with Gasteiger partial charge in [0, 0.05) is 39.4 Å². The number of thioether (sulfide) groups is 2. The molecular weight excluding hydrogens is 715 g/mol. The van der Waals surface area contributed by atoms with Gasteiger partial charge in [0.1, 0.15) is 17.4 Å². The minimum Gasteiger partial charge on any atom is -0.192 e. The molecule has 2 heterocycles. The van der Waals surface area contributed by atoms with Gasteiger partial charge in [0.25, 0.3) is 0 Å². The number of hydrogen-bond acceptors (Lipinski definition) is 5. The maximum Gasteiger partial charge on any atom is 0.232 e. The van der Waals surface area contributed by atoms with E-state index in [1.54, 1.807) is 11.8 Å². The summed E-state index contributed by atoms with van der Waals surface area (Å²) in [6.07, 6.45) is 0. The maximum absolute atomic E-state index is 9.18. The molecule has 7 aromatic carbocycles. The monoisotopic (exact) mass is 751 g/mol. The highest BCUT2D eigenvalue weighted by Gasteiger charge is 2.44. The molecule has 0 atom stereocenters. The third kappa shape index (κ3) is 6.97. The van der Waals surface area contributed by atoms with Gasteiger partial charge in [0.15, 0.2) is 8.07 Å². The Morgan fingerprint density at radius 2 is 0.963 bits per heavy atom. The van der Waals surface area contributed by atoms with Crippen molar-refractivity contribution in [3.63, 3.8) is 0 Å². The average Bonchev–Trinajstić information content (AvgIpc) is 3.25. The highest BCUT2D eigenvalue weighted by molar-refractivity contribution is 7.99. The van der Waals surface area contributed by atoms with E-state index in [0.29, 0.717) is 0 Å². The summed E-state index contributed by atoms with van der Waals surface area (Å²) in [5.74, 6) is 1.52. The summed E-state index contributed by atoms with van der Waals surface area (Å²) >= 11 is 3.56. The predicted octanol–water partition coefficient (Wildman–Crippen LogP) is 9.91. The van der Waals surface area contributed by atoms with Crippen LogP contribution in [0.3, 0.4) is 0 Å². The lowest BCUT2D eigenvalue weighted by Crippen LogP contribution is -2.75. The van der Waals surface area contributed by atoms with Gasteiger partial charge in [0.05, 0.1) is 10.5 Å². The zero-order valence-electron chi connectivity index (χ0n) is 29.8. The molecule has 0 amide bonds. The fourth-order valence-corrected chi connectivity index (χ4v) is 14.6. The van der Waals surface area contributed by atoms with Crippen molar-refractivity contribution in [2.75, 3.05) is 11.8 Å². The molecule has 2 aliphatic heterocycles. The van der Waals surface area contributed by atoms with Crippen LogP contribution >= 0.6 is 23.5 Å². The minimum atomic E-state index is -2.58. The van der Waals surface area contributed by atoms with E-state index < -0.39 is 8.07 Å². The first-order chi connectivity index (χ1) is 26.6. The first-order valence-corrected chi connectivity index (χ1v) is 21.8. The van der Waals surface area contributed by atoms with Crippen molar-refractivity contribution in [2.45, 2.75) is 16.7 Å². The Morgan fingerprint density at radius 3 is 1.44 bits per heavy atom. The number of benzene rings is 7. The van der Waals surface area contributed by atoms with Crippen molar-refractivity contribution >= 4 is 75.1 Å². The molecule has 0 saturated carbocycles. The number of nitriles is 1. The number of para-hydroxylation sites is 2. The van der Waals surface area contributed by atoms with E-state index in [4.69, 9.17) is 5.11 Å². The number of rotatable bonds is 6. The Labute approximate surface area is 326 Å². The van der Waals surface area contributed by atoms with Gasteiger partial charge in [-0.25, -0.2) is 0 Å². The molecule has 9 rings (SSSR count). The molecule has 7 aromatic rings. The maximum atomic E-state index is 9.18. The third-order valence-electron chi connectivity index (χ3n) is 9.58. The molecule has 5 nitrogen and oxygen atoms in total. The van der Waals surface area contributed by atoms with E-state index in [0.717, 1.165) is 50.5 Å². The Balaban J connectivity index is 0.000000183. The van der Waals surface area contributed by atoms with Gasteiger partial charge in [-0.15, -0.1) is 0 Å². The predicted molar refractivity (Wildman–Crippen MR) is 224 cm³/mol. The van der Waals surface area contributed by atoms with Crippen molar-refractivity contribution in [3.8, 4) is 6.07 Å². The highest BCUT2D eigenvalue weighted by atomic mass is 32.2. The van der Waals surface area contributed by atoms with Crippen molar-refractivity contribution in [2.24, 2.45) is 10.2 Å². The third-order valence-corrected chi connectivity index (χ3v) is 16.8. The topological polar surface area (TPSA) is 54.5 Å². The smallest absolute Gasteiger partial charge is 0.192 e. The first kappa shape index (κ1) is 35.2. The number of nitrogens with zero attached hydrogens (tertiary/aromatic N) is 5. The molecule has 0 spiro atoms. The van der Waals surface area contributed by atoms with Crippen LogP contribution in [0.1, 0.15) is 11.1 Å². The number of azo groups is 4. The summed E-state index contributed by atoms with van der Waals surface area (Å²) in [5.41, 5.74) is 5.90. The lowest BCUT2D eigenvalue weighted by atomic mass is 10.1. The molecular formula is C46H37N5S2Si+2. The van der Waals surface area contributed by atoms with Gasteiger partial charge < -0.3 is 0 Å². The van der Waals surface area contributed by atoms with Crippen LogP contribution in [0.5, 0.6) is 0 Å². The van der Waals surface area contributed by atoms with Gasteiger partial charge in [-0.05, 0) is 63.2 Å². The number of hydrogen-bond donors (Lipinski definition) is 0. The van der Waals surface area contributed by atoms with Crippen LogP contribution in [0.4, 0.5) is 22.7 Å². The van der Waals surface area contributed by atoms with Gasteiger partial charge in [0.2, 0.25) is 23.1 Å². The van der Waals surface area contributed by atoms with E-state index in [1.807, 2.05) is 71.9 Å². The summed E-state index contributed by atoms with van der Waals surface area (Å²) in [6.45, 7) is 1.99. The Bertz CT molecular complexity index is 2410. The quantitative estimate of drug-likeness (QED) is 0.0966. The molecule has 0 fully saturated rings. The molecule has 2 aliphatic rings. The standard InChI is InChI=1S/C31H25N2SSi.C15H12N3S/c1-5-14-25(15-6-1)33-24-34-31-29(32-33)22-13-23-30(31)35(26-16-7-2-8-17-26,27-18-9-3-10-19-27)28-20-11-4-12-21-28;1-11-7-12(9-16)15-14(8-11)17-18(10-19-15)13-5-3-2-4-6-13/h1-23H,24H2;2-8H,10H2,1H3/q2*+1. The Kier molecular flexibility index (Phi) is 10.4. The summed E-state index contributed by atoms with van der Waals surface area (Å²) < 4.78 is 4.07. The summed E-state index contributed by atoms with van der Waals surface area (Å²) in [7, 11) is -2.58. The van der Waals surface area contributed by atoms with Crippen molar-refractivity contribution in [1.82, 2.24) is 0 Å². The Hall–Kier alpha value is -5.85. The van der Waals surface area contributed by atoms with E-state index in [-0.39, 0.29) is 0 Å². The van der Waals surface area contributed by atoms with Crippen LogP contribution in [-0.4, -0.2) is 29.2 Å². The lowest BCUT2D eigenvalue weighted by Gasteiger charge is -2.36. The van der Waals surface area contributed by atoms with Crippen LogP contribution in [0.25, 0.3) is 0 Å². The lowest BCUT2D eigenvalue weighted by molar-refractivity contribution is -0.488. The van der Waals surface area contributed by atoms with Crippen molar-refractivity contribution in [1.29, 1.82) is 5.26 Å². The van der Waals surface area contributed by atoms with Crippen LogP contribution in [0.2, 0.25) is 0 Å². The van der Waals surface area contributed by atoms with Crippen LogP contribution < -0.4 is 20.7 Å². The fraction of sp³-hybridized carbons (Fsp3) is 0.0652. The fourth-order valence-electron chi connectivity index (χ4n) is 7.18. The molecule has 260 valence electrons. The average molecular weight is 752 g/mol. The molecule has 54 heavy (non-hydrogen) atoms. The largest absolute Gasteiger partial charge is 0.232 e. The highest BCUT2D eigenvalue weighted by Crippen LogP contribution is 2.39.